The van der Waals surface area contributed by atoms with E-state index in [0.29, 0.717) is 11.8 Å². The average molecular weight is 470 g/mol. The van der Waals surface area contributed by atoms with E-state index >= 15 is 0 Å². The number of nitrogens with zero attached hydrogens (tertiary/aromatic N) is 4. The van der Waals surface area contributed by atoms with Crippen LogP contribution in [0.3, 0.4) is 0 Å². The van der Waals surface area contributed by atoms with Crippen molar-refractivity contribution in [2.45, 2.75) is 39.3 Å². The second-order valence-electron chi connectivity index (χ2n) is 7.57. The van der Waals surface area contributed by atoms with E-state index in [9.17, 15) is 22.8 Å². The van der Waals surface area contributed by atoms with Crippen LogP contribution in [0.2, 0.25) is 0 Å². The molecule has 1 aromatic heterocycles. The van der Waals surface area contributed by atoms with Gasteiger partial charge in [0.15, 0.2) is 11.6 Å². The van der Waals surface area contributed by atoms with Crippen LogP contribution in [0.15, 0.2) is 52.7 Å². The van der Waals surface area contributed by atoms with Crippen LogP contribution in [0.25, 0.3) is 0 Å². The van der Waals surface area contributed by atoms with E-state index in [-0.39, 0.29) is 28.5 Å². The minimum atomic E-state index is -4.83. The number of aromatic nitrogens is 1. The van der Waals surface area contributed by atoms with Crippen LogP contribution in [-0.2, 0) is 12.6 Å². The van der Waals surface area contributed by atoms with Gasteiger partial charge in [-0.2, -0.15) is 18.4 Å². The van der Waals surface area contributed by atoms with Crippen molar-refractivity contribution in [2.24, 2.45) is 10.2 Å². The summed E-state index contributed by atoms with van der Waals surface area (Å²) in [5, 5.41) is 19.9. The minimum absolute atomic E-state index is 0.000933. The lowest BCUT2D eigenvalue weighted by Gasteiger charge is -2.14. The van der Waals surface area contributed by atoms with Crippen molar-refractivity contribution < 1.29 is 17.6 Å². The van der Waals surface area contributed by atoms with E-state index in [1.54, 1.807) is 0 Å². The Hall–Kier alpha value is -4.00. The number of halogens is 4. The molecule has 34 heavy (non-hydrogen) atoms. The summed E-state index contributed by atoms with van der Waals surface area (Å²) in [6.07, 6.45) is -1.77. The number of alkyl halides is 3. The number of nitrogens with one attached hydrogen (secondary N) is 1. The molecule has 0 aliphatic heterocycles. The zero-order valence-electron chi connectivity index (χ0n) is 18.5. The first kappa shape index (κ1) is 24.6. The number of nitriles is 1. The van der Waals surface area contributed by atoms with Gasteiger partial charge in [-0.1, -0.05) is 31.5 Å². The van der Waals surface area contributed by atoms with Crippen molar-refractivity contribution in [2.75, 3.05) is 11.1 Å². The summed E-state index contributed by atoms with van der Waals surface area (Å²) >= 11 is 0. The third-order valence-electron chi connectivity index (χ3n) is 5.13. The summed E-state index contributed by atoms with van der Waals surface area (Å²) in [6.45, 7) is 3.62. The summed E-state index contributed by atoms with van der Waals surface area (Å²) in [5.41, 5.74) is 5.64. The molecule has 0 aliphatic rings. The zero-order valence-corrected chi connectivity index (χ0v) is 18.5. The highest BCUT2D eigenvalue weighted by atomic mass is 19.4. The van der Waals surface area contributed by atoms with Gasteiger partial charge in [-0.05, 0) is 49.6 Å². The number of unbranched alkanes of at least 4 members (excludes halogenated alkanes) is 1. The number of hydrogen-bond donors (Lipinski definition) is 2. The van der Waals surface area contributed by atoms with Gasteiger partial charge in [0, 0.05) is 11.3 Å². The standard InChI is InChI=1S/C24H22F4N6/c1-3-4-6-15-9-11-16(12-10-15)31-23-20(14(2)17(13-29)22(30)32-23)33-34-21-18(24(26,27)28)7-5-8-19(21)25/h5,7-12H,3-4,6H2,1-2H3,(H3,30,31,32). The van der Waals surface area contributed by atoms with E-state index < -0.39 is 23.2 Å². The van der Waals surface area contributed by atoms with Gasteiger partial charge in [0.2, 0.25) is 0 Å². The van der Waals surface area contributed by atoms with Crippen LogP contribution in [0, 0.1) is 24.1 Å². The highest BCUT2D eigenvalue weighted by Gasteiger charge is 2.35. The first-order chi connectivity index (χ1) is 16.2. The van der Waals surface area contributed by atoms with Crippen molar-refractivity contribution in [3.63, 3.8) is 0 Å². The maximum atomic E-state index is 14.2. The van der Waals surface area contributed by atoms with Crippen LogP contribution in [0.1, 0.15) is 42.0 Å². The van der Waals surface area contributed by atoms with Crippen LogP contribution in [-0.4, -0.2) is 4.98 Å². The molecule has 0 spiro atoms. The second kappa shape index (κ2) is 10.3. The normalized spacial score (nSPS) is 11.6. The van der Waals surface area contributed by atoms with Gasteiger partial charge in [-0.3, -0.25) is 0 Å². The SMILES string of the molecule is CCCCc1ccc(Nc2nc(N)c(C#N)c(C)c2N=Nc2c(F)cccc2C(F)(F)F)cc1. The minimum Gasteiger partial charge on any atom is -0.383 e. The number of nitrogens with two attached hydrogens (primary N) is 1. The quantitative estimate of drug-likeness (QED) is 0.276. The van der Waals surface area contributed by atoms with Crippen molar-refractivity contribution in [1.29, 1.82) is 5.26 Å². The molecule has 0 unspecified atom stereocenters. The fourth-order valence-corrected chi connectivity index (χ4v) is 3.29. The van der Waals surface area contributed by atoms with E-state index in [4.69, 9.17) is 5.73 Å². The monoisotopic (exact) mass is 470 g/mol. The van der Waals surface area contributed by atoms with Crippen molar-refractivity contribution in [3.05, 3.63) is 70.5 Å². The number of azo groups is 1. The Morgan fingerprint density at radius 3 is 2.38 bits per heavy atom. The molecular formula is C24H22F4N6. The Kier molecular flexibility index (Phi) is 7.46. The predicted octanol–water partition coefficient (Wildman–Crippen LogP) is 7.50. The van der Waals surface area contributed by atoms with Crippen LogP contribution >= 0.6 is 0 Å². The highest BCUT2D eigenvalue weighted by Crippen LogP contribution is 2.40. The molecule has 0 radical (unpaired) electrons. The smallest absolute Gasteiger partial charge is 0.383 e. The average Bonchev–Trinajstić information content (AvgIpc) is 2.78. The van der Waals surface area contributed by atoms with Crippen LogP contribution in [0.5, 0.6) is 0 Å². The molecule has 10 heteroatoms. The third kappa shape index (κ3) is 5.49. The summed E-state index contributed by atoms with van der Waals surface area (Å²) in [5.74, 6) is -1.19. The fraction of sp³-hybridized carbons (Fsp3) is 0.250. The highest BCUT2D eigenvalue weighted by molar-refractivity contribution is 5.77. The molecule has 176 valence electrons. The van der Waals surface area contributed by atoms with Gasteiger partial charge in [0.1, 0.15) is 23.3 Å². The molecule has 0 bridgehead atoms. The summed E-state index contributed by atoms with van der Waals surface area (Å²) in [4.78, 5) is 4.15. The molecule has 0 fully saturated rings. The van der Waals surface area contributed by atoms with Crippen molar-refractivity contribution in [1.82, 2.24) is 4.98 Å². The summed E-state index contributed by atoms with van der Waals surface area (Å²) < 4.78 is 54.2. The van der Waals surface area contributed by atoms with E-state index in [1.807, 2.05) is 30.3 Å². The van der Waals surface area contributed by atoms with Gasteiger partial charge >= 0.3 is 6.18 Å². The maximum Gasteiger partial charge on any atom is 0.418 e. The Bertz CT molecular complexity index is 1240. The lowest BCUT2D eigenvalue weighted by atomic mass is 10.1. The van der Waals surface area contributed by atoms with Gasteiger partial charge in [0.25, 0.3) is 0 Å². The van der Waals surface area contributed by atoms with Gasteiger partial charge in [-0.15, -0.1) is 10.2 Å². The Morgan fingerprint density at radius 2 is 1.76 bits per heavy atom. The summed E-state index contributed by atoms with van der Waals surface area (Å²) in [6, 6.07) is 11.9. The molecule has 2 aromatic carbocycles. The molecule has 0 saturated heterocycles. The molecule has 0 saturated carbocycles. The first-order valence-electron chi connectivity index (χ1n) is 10.5. The lowest BCUT2D eigenvalue weighted by Crippen LogP contribution is -2.06. The summed E-state index contributed by atoms with van der Waals surface area (Å²) in [7, 11) is 0. The number of pyridine rings is 1. The zero-order chi connectivity index (χ0) is 24.9. The second-order valence-corrected chi connectivity index (χ2v) is 7.57. The number of rotatable bonds is 7. The number of nitrogen functional groups attached to an aromatic ring is 1. The molecule has 3 N–H and O–H groups in total. The Balaban J connectivity index is 2.05. The predicted molar refractivity (Wildman–Crippen MR) is 122 cm³/mol. The number of hydrogen-bond acceptors (Lipinski definition) is 6. The molecule has 0 amide bonds. The molecule has 0 aliphatic carbocycles. The largest absolute Gasteiger partial charge is 0.418 e. The molecule has 3 aromatic rings. The third-order valence-corrected chi connectivity index (χ3v) is 5.13. The van der Waals surface area contributed by atoms with E-state index in [1.165, 1.54) is 6.92 Å². The first-order valence-corrected chi connectivity index (χ1v) is 10.5. The number of anilines is 3. The maximum absolute atomic E-state index is 14.2. The van der Waals surface area contributed by atoms with Crippen LogP contribution in [0.4, 0.5) is 46.3 Å². The molecular weight excluding hydrogens is 448 g/mol. The van der Waals surface area contributed by atoms with Gasteiger partial charge in [0.05, 0.1) is 11.1 Å². The molecule has 3 rings (SSSR count). The van der Waals surface area contributed by atoms with E-state index in [0.717, 1.165) is 37.0 Å². The van der Waals surface area contributed by atoms with Crippen LogP contribution < -0.4 is 11.1 Å². The molecule has 1 heterocycles. The Morgan fingerprint density at radius 1 is 1.09 bits per heavy atom. The van der Waals surface area contributed by atoms with Gasteiger partial charge < -0.3 is 11.1 Å². The van der Waals surface area contributed by atoms with Crippen molar-refractivity contribution in [3.8, 4) is 6.07 Å². The van der Waals surface area contributed by atoms with Crippen molar-refractivity contribution >= 4 is 28.7 Å². The topological polar surface area (TPSA) is 99.4 Å². The Labute approximate surface area is 194 Å². The molecule has 0 atom stereocenters. The van der Waals surface area contributed by atoms with E-state index in [2.05, 4.69) is 27.5 Å². The fourth-order valence-electron chi connectivity index (χ4n) is 3.29. The molecule has 6 nitrogen and oxygen atoms in total. The van der Waals surface area contributed by atoms with Gasteiger partial charge in [-0.25, -0.2) is 9.37 Å². The lowest BCUT2D eigenvalue weighted by molar-refractivity contribution is -0.137. The number of benzene rings is 2. The number of aryl methyl sites for hydroxylation is 1.